The molecule has 1 fully saturated rings. The van der Waals surface area contributed by atoms with Crippen LogP contribution in [0, 0.1) is 0 Å². The Morgan fingerprint density at radius 2 is 1.90 bits per heavy atom. The van der Waals surface area contributed by atoms with Crippen LogP contribution in [-0.4, -0.2) is 44.9 Å². The highest BCUT2D eigenvalue weighted by molar-refractivity contribution is 7.89. The number of carbonyl (C=O) groups is 1. The number of carbonyl (C=O) groups excluding carboxylic acids is 1. The Morgan fingerprint density at radius 3 is 2.66 bits per heavy atom. The predicted molar refractivity (Wildman–Crippen MR) is 114 cm³/mol. The second-order valence-electron chi connectivity index (χ2n) is 7.47. The van der Waals surface area contributed by atoms with Gasteiger partial charge in [-0.1, -0.05) is 42.8 Å². The Labute approximate surface area is 173 Å². The molecule has 0 bridgehead atoms. The molecule has 29 heavy (non-hydrogen) atoms. The van der Waals surface area contributed by atoms with Crippen molar-refractivity contribution in [2.45, 2.75) is 43.7 Å². The van der Waals surface area contributed by atoms with Gasteiger partial charge in [0.25, 0.3) is 5.91 Å². The topological polar surface area (TPSA) is 78.5 Å². The van der Waals surface area contributed by atoms with E-state index in [9.17, 15) is 13.2 Å². The van der Waals surface area contributed by atoms with Gasteiger partial charge >= 0.3 is 0 Å². The molecule has 2 N–H and O–H groups in total. The van der Waals surface area contributed by atoms with E-state index < -0.39 is 10.0 Å². The first-order valence-corrected chi connectivity index (χ1v) is 11.6. The summed E-state index contributed by atoms with van der Waals surface area (Å²) < 4.78 is 27.8. The first-order valence-electron chi connectivity index (χ1n) is 10.1. The maximum atomic E-state index is 12.6. The molecule has 6 nitrogen and oxygen atoms in total. The van der Waals surface area contributed by atoms with Gasteiger partial charge in [-0.2, -0.15) is 0 Å². The molecule has 0 saturated carbocycles. The predicted octanol–water partition coefficient (Wildman–Crippen LogP) is 2.77. The number of rotatable bonds is 8. The zero-order valence-corrected chi connectivity index (χ0v) is 17.6. The Hall–Kier alpha value is -2.22. The van der Waals surface area contributed by atoms with Crippen molar-refractivity contribution in [1.29, 1.82) is 0 Å². The summed E-state index contributed by atoms with van der Waals surface area (Å²) in [6.45, 7) is 4.85. The van der Waals surface area contributed by atoms with Gasteiger partial charge in [0.2, 0.25) is 10.0 Å². The number of benzene rings is 2. The van der Waals surface area contributed by atoms with Crippen LogP contribution in [0.4, 0.5) is 0 Å². The fourth-order valence-corrected chi connectivity index (χ4v) is 4.63. The Bertz CT molecular complexity index is 916. The van der Waals surface area contributed by atoms with Crippen molar-refractivity contribution < 1.29 is 13.2 Å². The van der Waals surface area contributed by atoms with Crippen molar-refractivity contribution in [2.75, 3.05) is 19.6 Å². The Balaban J connectivity index is 1.57. The first-order chi connectivity index (χ1) is 14.0. The number of sulfonamides is 1. The van der Waals surface area contributed by atoms with Gasteiger partial charge < -0.3 is 5.32 Å². The molecule has 1 aliphatic heterocycles. The fraction of sp³-hybridized carbons (Fsp3) is 0.409. The third-order valence-corrected chi connectivity index (χ3v) is 6.74. The van der Waals surface area contributed by atoms with Crippen LogP contribution in [0.25, 0.3) is 0 Å². The highest BCUT2D eigenvalue weighted by Gasteiger charge is 2.19. The number of hydrogen-bond donors (Lipinski definition) is 2. The fourth-order valence-electron chi connectivity index (χ4n) is 3.57. The highest BCUT2D eigenvalue weighted by Crippen LogP contribution is 2.16. The first kappa shape index (κ1) is 21.5. The summed E-state index contributed by atoms with van der Waals surface area (Å²) in [7, 11) is -3.70. The monoisotopic (exact) mass is 415 g/mol. The van der Waals surface area contributed by atoms with E-state index in [0.29, 0.717) is 18.2 Å². The zero-order valence-electron chi connectivity index (χ0n) is 16.8. The van der Waals surface area contributed by atoms with Crippen molar-refractivity contribution in [3.8, 4) is 0 Å². The number of piperidine rings is 1. The highest BCUT2D eigenvalue weighted by atomic mass is 32.2. The van der Waals surface area contributed by atoms with E-state index >= 15 is 0 Å². The average Bonchev–Trinajstić information content (AvgIpc) is 2.74. The van der Waals surface area contributed by atoms with Gasteiger partial charge in [-0.15, -0.1) is 0 Å². The van der Waals surface area contributed by atoms with Crippen LogP contribution in [0.1, 0.15) is 42.1 Å². The van der Waals surface area contributed by atoms with E-state index in [0.717, 1.165) is 18.7 Å². The minimum absolute atomic E-state index is 0.0886. The lowest BCUT2D eigenvalue weighted by Crippen LogP contribution is -2.42. The summed E-state index contributed by atoms with van der Waals surface area (Å²) in [6, 6.07) is 16.0. The van der Waals surface area contributed by atoms with Crippen LogP contribution >= 0.6 is 0 Å². The molecule has 0 aromatic heterocycles. The standard InChI is InChI=1S/C22H29N3O3S/c1-18-8-5-6-14-25(18)15-13-23-22(26)20-11-7-12-21(16-20)29(27,28)24-17-19-9-3-2-4-10-19/h2-4,7,9-12,16,18,24H,5-6,8,13-15,17H2,1H3,(H,23,26). The van der Waals surface area contributed by atoms with Gasteiger partial charge in [0, 0.05) is 31.2 Å². The average molecular weight is 416 g/mol. The van der Waals surface area contributed by atoms with Crippen molar-refractivity contribution in [1.82, 2.24) is 14.9 Å². The summed E-state index contributed by atoms with van der Waals surface area (Å²) in [4.78, 5) is 15.0. The van der Waals surface area contributed by atoms with Gasteiger partial charge in [-0.25, -0.2) is 13.1 Å². The molecule has 0 spiro atoms. The van der Waals surface area contributed by atoms with Crippen LogP contribution in [0.15, 0.2) is 59.5 Å². The number of nitrogens with zero attached hydrogens (tertiary/aromatic N) is 1. The molecule has 1 unspecified atom stereocenters. The van der Waals surface area contributed by atoms with E-state index in [1.54, 1.807) is 12.1 Å². The molecule has 1 heterocycles. The maximum Gasteiger partial charge on any atom is 0.251 e. The minimum Gasteiger partial charge on any atom is -0.351 e. The summed E-state index contributed by atoms with van der Waals surface area (Å²) in [5.74, 6) is -0.255. The third kappa shape index (κ3) is 6.13. The molecule has 3 rings (SSSR count). The molecule has 1 aliphatic rings. The van der Waals surface area contributed by atoms with Gasteiger partial charge in [-0.05, 0) is 50.1 Å². The normalized spacial score (nSPS) is 17.8. The van der Waals surface area contributed by atoms with E-state index in [4.69, 9.17) is 0 Å². The Kier molecular flexibility index (Phi) is 7.41. The van der Waals surface area contributed by atoms with E-state index in [-0.39, 0.29) is 17.3 Å². The molecule has 156 valence electrons. The summed E-state index contributed by atoms with van der Waals surface area (Å²) in [5, 5.41) is 2.91. The lowest BCUT2D eigenvalue weighted by Gasteiger charge is -2.33. The second-order valence-corrected chi connectivity index (χ2v) is 9.24. The van der Waals surface area contributed by atoms with Crippen molar-refractivity contribution in [2.24, 2.45) is 0 Å². The van der Waals surface area contributed by atoms with E-state index in [2.05, 4.69) is 21.9 Å². The number of amides is 1. The number of hydrogen-bond acceptors (Lipinski definition) is 4. The van der Waals surface area contributed by atoms with Gasteiger partial charge in [0.15, 0.2) is 0 Å². The summed E-state index contributed by atoms with van der Waals surface area (Å²) >= 11 is 0. The van der Waals surface area contributed by atoms with Crippen LogP contribution in [0.2, 0.25) is 0 Å². The molecule has 0 radical (unpaired) electrons. The molecule has 1 amide bonds. The summed E-state index contributed by atoms with van der Waals surface area (Å²) in [6.07, 6.45) is 3.67. The molecule has 0 aliphatic carbocycles. The maximum absolute atomic E-state index is 12.6. The smallest absolute Gasteiger partial charge is 0.251 e. The minimum atomic E-state index is -3.70. The lowest BCUT2D eigenvalue weighted by molar-refractivity contribution is 0.0938. The van der Waals surface area contributed by atoms with Crippen LogP contribution < -0.4 is 10.0 Å². The number of likely N-dealkylation sites (tertiary alicyclic amines) is 1. The Morgan fingerprint density at radius 1 is 1.10 bits per heavy atom. The van der Waals surface area contributed by atoms with Crippen molar-refractivity contribution in [3.63, 3.8) is 0 Å². The molecule has 1 saturated heterocycles. The second kappa shape index (κ2) is 10.0. The molecular weight excluding hydrogens is 386 g/mol. The molecular formula is C22H29N3O3S. The molecule has 1 atom stereocenters. The van der Waals surface area contributed by atoms with Crippen molar-refractivity contribution in [3.05, 3.63) is 65.7 Å². The number of nitrogens with one attached hydrogen (secondary N) is 2. The molecule has 7 heteroatoms. The van der Waals surface area contributed by atoms with E-state index in [1.165, 1.54) is 31.4 Å². The van der Waals surface area contributed by atoms with Gasteiger partial charge in [0.1, 0.15) is 0 Å². The zero-order chi connectivity index (χ0) is 20.7. The molecule has 2 aromatic carbocycles. The van der Waals surface area contributed by atoms with Gasteiger partial charge in [-0.3, -0.25) is 9.69 Å². The van der Waals surface area contributed by atoms with Crippen molar-refractivity contribution >= 4 is 15.9 Å². The van der Waals surface area contributed by atoms with Crippen LogP contribution in [-0.2, 0) is 16.6 Å². The SMILES string of the molecule is CC1CCCCN1CCNC(=O)c1cccc(S(=O)(=O)NCc2ccccc2)c1. The molecule has 2 aromatic rings. The van der Waals surface area contributed by atoms with E-state index in [1.807, 2.05) is 30.3 Å². The lowest BCUT2D eigenvalue weighted by atomic mass is 10.0. The largest absolute Gasteiger partial charge is 0.351 e. The van der Waals surface area contributed by atoms with Crippen LogP contribution in [0.5, 0.6) is 0 Å². The van der Waals surface area contributed by atoms with Crippen LogP contribution in [0.3, 0.4) is 0 Å². The quantitative estimate of drug-likeness (QED) is 0.695. The summed E-state index contributed by atoms with van der Waals surface area (Å²) in [5.41, 5.74) is 1.22. The van der Waals surface area contributed by atoms with Gasteiger partial charge in [0.05, 0.1) is 4.90 Å². The third-order valence-electron chi connectivity index (χ3n) is 5.34.